The zero-order valence-corrected chi connectivity index (χ0v) is 11.3. The summed E-state index contributed by atoms with van der Waals surface area (Å²) in [5, 5.41) is 0. The number of benzene rings is 1. The highest BCUT2D eigenvalue weighted by Crippen LogP contribution is 2.41. The van der Waals surface area contributed by atoms with Crippen LogP contribution in [0.3, 0.4) is 0 Å². The van der Waals surface area contributed by atoms with Gasteiger partial charge >= 0.3 is 0 Å². The Kier molecular flexibility index (Phi) is 3.40. The minimum atomic E-state index is 0.299. The minimum absolute atomic E-state index is 0.299. The van der Waals surface area contributed by atoms with E-state index in [4.69, 9.17) is 5.73 Å². The van der Waals surface area contributed by atoms with Gasteiger partial charge in [0.15, 0.2) is 0 Å². The molecule has 1 heterocycles. The molecule has 2 N–H and O–H groups in total. The van der Waals surface area contributed by atoms with Gasteiger partial charge in [0.1, 0.15) is 0 Å². The second-order valence-electron chi connectivity index (χ2n) is 5.82. The van der Waals surface area contributed by atoms with Crippen LogP contribution in [0.1, 0.15) is 55.7 Å². The number of hydrogen-bond donors (Lipinski definition) is 1. The Hall–Kier alpha value is -0.860. The summed E-state index contributed by atoms with van der Waals surface area (Å²) in [6.07, 6.45) is 5.15. The Balaban J connectivity index is 1.88. The average molecular weight is 244 g/mol. The molecule has 1 aromatic rings. The van der Waals surface area contributed by atoms with Crippen molar-refractivity contribution in [1.82, 2.24) is 4.90 Å². The third-order valence-electron chi connectivity index (χ3n) is 4.49. The van der Waals surface area contributed by atoms with Gasteiger partial charge in [0.25, 0.3) is 0 Å². The topological polar surface area (TPSA) is 29.3 Å². The first kappa shape index (κ1) is 12.2. The highest BCUT2D eigenvalue weighted by molar-refractivity contribution is 5.32. The lowest BCUT2D eigenvalue weighted by atomic mass is 9.90. The molecule has 1 aromatic carbocycles. The number of rotatable bonds is 3. The smallest absolute Gasteiger partial charge is 0.0499 e. The SMILES string of the molecule is CCN1CCCC(N)C1c1cccc(C2CC2)c1. The standard InChI is InChI=1S/C16H24N2/c1-2-18-10-4-7-15(17)16(18)14-6-3-5-13(11-14)12-8-9-12/h3,5-6,11-12,15-16H,2,4,7-10,17H2,1H3. The molecule has 1 saturated heterocycles. The molecule has 2 aliphatic rings. The molecule has 2 unspecified atom stereocenters. The largest absolute Gasteiger partial charge is 0.326 e. The third kappa shape index (κ3) is 2.32. The van der Waals surface area contributed by atoms with E-state index in [-0.39, 0.29) is 0 Å². The Morgan fingerprint density at radius 3 is 2.72 bits per heavy atom. The van der Waals surface area contributed by atoms with Crippen molar-refractivity contribution in [2.45, 2.75) is 50.6 Å². The summed E-state index contributed by atoms with van der Waals surface area (Å²) < 4.78 is 0. The van der Waals surface area contributed by atoms with Crippen LogP contribution in [0.5, 0.6) is 0 Å². The second-order valence-corrected chi connectivity index (χ2v) is 5.82. The maximum Gasteiger partial charge on any atom is 0.0499 e. The van der Waals surface area contributed by atoms with E-state index in [1.807, 2.05) is 0 Å². The average Bonchev–Trinajstić information content (AvgIpc) is 3.23. The number of likely N-dealkylation sites (tertiary alicyclic amines) is 1. The number of nitrogens with zero attached hydrogens (tertiary/aromatic N) is 1. The minimum Gasteiger partial charge on any atom is -0.326 e. The van der Waals surface area contributed by atoms with E-state index in [2.05, 4.69) is 36.1 Å². The summed E-state index contributed by atoms with van der Waals surface area (Å²) in [6.45, 7) is 4.55. The summed E-state index contributed by atoms with van der Waals surface area (Å²) in [7, 11) is 0. The van der Waals surface area contributed by atoms with Crippen LogP contribution >= 0.6 is 0 Å². The van der Waals surface area contributed by atoms with E-state index in [0.29, 0.717) is 12.1 Å². The Morgan fingerprint density at radius 1 is 1.22 bits per heavy atom. The fourth-order valence-electron chi connectivity index (χ4n) is 3.32. The highest BCUT2D eigenvalue weighted by atomic mass is 15.2. The van der Waals surface area contributed by atoms with Gasteiger partial charge in [-0.05, 0) is 55.8 Å². The number of hydrogen-bond acceptors (Lipinski definition) is 2. The lowest BCUT2D eigenvalue weighted by Gasteiger charge is -2.39. The van der Waals surface area contributed by atoms with Crippen molar-refractivity contribution >= 4 is 0 Å². The van der Waals surface area contributed by atoms with Gasteiger partial charge in [-0.1, -0.05) is 31.2 Å². The van der Waals surface area contributed by atoms with Gasteiger partial charge < -0.3 is 5.73 Å². The third-order valence-corrected chi connectivity index (χ3v) is 4.49. The molecule has 0 spiro atoms. The van der Waals surface area contributed by atoms with E-state index < -0.39 is 0 Å². The van der Waals surface area contributed by atoms with Crippen molar-refractivity contribution in [3.05, 3.63) is 35.4 Å². The van der Waals surface area contributed by atoms with E-state index >= 15 is 0 Å². The molecular formula is C16H24N2. The number of likely N-dealkylation sites (N-methyl/N-ethyl adjacent to an activating group) is 1. The molecule has 2 nitrogen and oxygen atoms in total. The van der Waals surface area contributed by atoms with Crippen molar-refractivity contribution < 1.29 is 0 Å². The van der Waals surface area contributed by atoms with Crippen molar-refractivity contribution in [2.75, 3.05) is 13.1 Å². The van der Waals surface area contributed by atoms with E-state index in [0.717, 1.165) is 18.9 Å². The number of piperidine rings is 1. The van der Waals surface area contributed by atoms with Gasteiger partial charge in [-0.2, -0.15) is 0 Å². The van der Waals surface area contributed by atoms with Gasteiger partial charge in [-0.3, -0.25) is 4.90 Å². The summed E-state index contributed by atoms with van der Waals surface area (Å²) >= 11 is 0. The van der Waals surface area contributed by atoms with Crippen LogP contribution in [0, 0.1) is 0 Å². The van der Waals surface area contributed by atoms with Crippen molar-refractivity contribution in [3.63, 3.8) is 0 Å². The van der Waals surface area contributed by atoms with Crippen LogP contribution in [0.25, 0.3) is 0 Å². The lowest BCUT2D eigenvalue weighted by molar-refractivity contribution is 0.136. The summed E-state index contributed by atoms with van der Waals surface area (Å²) in [6, 6.07) is 9.92. The predicted octanol–water partition coefficient (Wildman–Crippen LogP) is 3.05. The molecule has 2 atom stereocenters. The zero-order chi connectivity index (χ0) is 12.5. The number of nitrogens with two attached hydrogens (primary N) is 1. The van der Waals surface area contributed by atoms with Gasteiger partial charge in [0, 0.05) is 12.1 Å². The molecule has 1 aliphatic heterocycles. The predicted molar refractivity (Wildman–Crippen MR) is 75.6 cm³/mol. The van der Waals surface area contributed by atoms with Crippen molar-refractivity contribution in [2.24, 2.45) is 5.73 Å². The summed E-state index contributed by atoms with van der Waals surface area (Å²) in [4.78, 5) is 2.54. The Bertz CT molecular complexity index is 411. The molecule has 0 radical (unpaired) electrons. The van der Waals surface area contributed by atoms with Crippen molar-refractivity contribution in [3.8, 4) is 0 Å². The van der Waals surface area contributed by atoms with E-state index in [1.54, 1.807) is 0 Å². The fraction of sp³-hybridized carbons (Fsp3) is 0.625. The highest BCUT2D eigenvalue weighted by Gasteiger charge is 2.30. The molecule has 0 amide bonds. The van der Waals surface area contributed by atoms with Gasteiger partial charge in [-0.25, -0.2) is 0 Å². The molecule has 18 heavy (non-hydrogen) atoms. The first-order chi connectivity index (χ1) is 8.79. The zero-order valence-electron chi connectivity index (χ0n) is 11.3. The van der Waals surface area contributed by atoms with Crippen LogP contribution in [-0.4, -0.2) is 24.0 Å². The molecule has 2 fully saturated rings. The second kappa shape index (κ2) is 5.02. The molecule has 3 rings (SSSR count). The Labute approximate surface area is 110 Å². The van der Waals surface area contributed by atoms with Gasteiger partial charge in [0.2, 0.25) is 0 Å². The molecule has 0 aromatic heterocycles. The summed E-state index contributed by atoms with van der Waals surface area (Å²) in [5.74, 6) is 0.833. The quantitative estimate of drug-likeness (QED) is 0.885. The molecular weight excluding hydrogens is 220 g/mol. The Morgan fingerprint density at radius 2 is 2.00 bits per heavy atom. The molecule has 1 saturated carbocycles. The maximum absolute atomic E-state index is 6.38. The fourth-order valence-corrected chi connectivity index (χ4v) is 3.32. The van der Waals surface area contributed by atoms with Crippen LogP contribution < -0.4 is 5.73 Å². The molecule has 98 valence electrons. The monoisotopic (exact) mass is 244 g/mol. The van der Waals surface area contributed by atoms with Crippen LogP contribution in [0.2, 0.25) is 0 Å². The maximum atomic E-state index is 6.38. The molecule has 1 aliphatic carbocycles. The van der Waals surface area contributed by atoms with Crippen LogP contribution in [0.4, 0.5) is 0 Å². The van der Waals surface area contributed by atoms with E-state index in [9.17, 15) is 0 Å². The summed E-state index contributed by atoms with van der Waals surface area (Å²) in [5.41, 5.74) is 9.34. The molecule has 2 heteroatoms. The van der Waals surface area contributed by atoms with Gasteiger partial charge in [0.05, 0.1) is 0 Å². The normalized spacial score (nSPS) is 29.4. The van der Waals surface area contributed by atoms with Crippen LogP contribution in [0.15, 0.2) is 24.3 Å². The van der Waals surface area contributed by atoms with Crippen LogP contribution in [-0.2, 0) is 0 Å². The van der Waals surface area contributed by atoms with Crippen molar-refractivity contribution in [1.29, 1.82) is 0 Å². The lowest BCUT2D eigenvalue weighted by Crippen LogP contribution is -2.45. The first-order valence-electron chi connectivity index (χ1n) is 7.39. The van der Waals surface area contributed by atoms with Gasteiger partial charge in [-0.15, -0.1) is 0 Å². The van der Waals surface area contributed by atoms with E-state index in [1.165, 1.54) is 36.9 Å². The first-order valence-corrected chi connectivity index (χ1v) is 7.39. The molecule has 0 bridgehead atoms.